The average Bonchev–Trinajstić information content (AvgIpc) is 2.76. The number of hydrogen-bond acceptors (Lipinski definition) is 3. The summed E-state index contributed by atoms with van der Waals surface area (Å²) >= 11 is 0. The number of carbonyl (C=O) groups excluding carboxylic acids is 2. The Labute approximate surface area is 169 Å². The Hall–Kier alpha value is -2.89. The Kier molecular flexibility index (Phi) is 4.49. The van der Waals surface area contributed by atoms with Gasteiger partial charge in [0.15, 0.2) is 6.10 Å². The van der Waals surface area contributed by atoms with Crippen molar-refractivity contribution in [1.82, 2.24) is 9.80 Å². The first-order chi connectivity index (χ1) is 14.1. The van der Waals surface area contributed by atoms with Gasteiger partial charge in [0.2, 0.25) is 0 Å². The highest BCUT2D eigenvalue weighted by atomic mass is 19.1. The van der Waals surface area contributed by atoms with Crippen LogP contribution in [0.2, 0.25) is 0 Å². The van der Waals surface area contributed by atoms with Gasteiger partial charge in [-0.1, -0.05) is 36.4 Å². The maximum atomic E-state index is 13.5. The van der Waals surface area contributed by atoms with Crippen molar-refractivity contribution in [2.24, 2.45) is 5.92 Å². The summed E-state index contributed by atoms with van der Waals surface area (Å²) in [5.74, 6) is -0.278. The third kappa shape index (κ3) is 3.16. The van der Waals surface area contributed by atoms with E-state index in [0.29, 0.717) is 6.54 Å². The van der Waals surface area contributed by atoms with Gasteiger partial charge in [0.1, 0.15) is 5.82 Å². The maximum Gasteiger partial charge on any atom is 0.411 e. The number of ether oxygens (including phenoxy) is 1. The van der Waals surface area contributed by atoms with Crippen LogP contribution >= 0.6 is 0 Å². The highest BCUT2D eigenvalue weighted by Crippen LogP contribution is 2.37. The molecule has 4 heterocycles. The van der Waals surface area contributed by atoms with Crippen LogP contribution in [-0.2, 0) is 16.0 Å². The van der Waals surface area contributed by atoms with Crippen molar-refractivity contribution in [1.29, 1.82) is 0 Å². The number of carbonyl (C=O) groups is 2. The molecule has 2 aromatic rings. The second kappa shape index (κ2) is 7.17. The van der Waals surface area contributed by atoms with E-state index in [-0.39, 0.29) is 23.7 Å². The number of benzene rings is 2. The molecule has 0 N–H and O–H groups in total. The largest absolute Gasteiger partial charge is 0.436 e. The summed E-state index contributed by atoms with van der Waals surface area (Å²) in [6.45, 7) is 2.01. The number of amides is 2. The molecule has 0 spiro atoms. The lowest BCUT2D eigenvalue weighted by atomic mass is 9.85. The van der Waals surface area contributed by atoms with Crippen LogP contribution in [0.15, 0.2) is 48.5 Å². The first-order valence-electron chi connectivity index (χ1n) is 10.2. The standard InChI is InChI=1S/C23H23FN2O3/c24-18-7-5-16(6-8-18)20-19-4-2-1-3-15(19)11-14-26(20)23(28)29-21-17-9-12-25(13-10-17)22(21)27/h1-8,17,20-21H,9-14H2/t20-,21-/m0/s1. The number of fused-ring (bicyclic) bond motifs is 4. The van der Waals surface area contributed by atoms with E-state index in [1.165, 1.54) is 17.7 Å². The van der Waals surface area contributed by atoms with Gasteiger partial charge in [-0.2, -0.15) is 0 Å². The van der Waals surface area contributed by atoms with Crippen LogP contribution in [0.3, 0.4) is 0 Å². The SMILES string of the molecule is O=C1[C@@H](OC(=O)N2CCc3ccccc3[C@@H]2c2ccc(F)cc2)C2CCN1CC2. The van der Waals surface area contributed by atoms with Crippen molar-refractivity contribution >= 4 is 12.0 Å². The normalized spacial score (nSPS) is 25.7. The van der Waals surface area contributed by atoms with E-state index in [1.807, 2.05) is 18.2 Å². The molecule has 4 aliphatic rings. The lowest BCUT2D eigenvalue weighted by Gasteiger charge is -2.44. The molecule has 2 atom stereocenters. The minimum absolute atomic E-state index is 0.0726. The van der Waals surface area contributed by atoms with Gasteiger partial charge in [0, 0.05) is 25.6 Å². The molecule has 2 aromatic carbocycles. The molecule has 0 saturated carbocycles. The monoisotopic (exact) mass is 394 g/mol. The molecule has 6 rings (SSSR count). The second-order valence-corrected chi connectivity index (χ2v) is 8.06. The summed E-state index contributed by atoms with van der Waals surface area (Å²) in [5, 5.41) is 0. The molecule has 2 amide bonds. The Balaban J connectivity index is 1.45. The zero-order valence-corrected chi connectivity index (χ0v) is 16.1. The quantitative estimate of drug-likeness (QED) is 0.783. The summed E-state index contributed by atoms with van der Waals surface area (Å²) in [5.41, 5.74) is 3.02. The minimum Gasteiger partial charge on any atom is -0.436 e. The lowest BCUT2D eigenvalue weighted by molar-refractivity contribution is -0.155. The van der Waals surface area contributed by atoms with Gasteiger partial charge in [-0.3, -0.25) is 9.69 Å². The average molecular weight is 394 g/mol. The zero-order chi connectivity index (χ0) is 20.0. The molecule has 4 aliphatic heterocycles. The van der Waals surface area contributed by atoms with Gasteiger partial charge in [-0.05, 0) is 48.1 Å². The van der Waals surface area contributed by atoms with Gasteiger partial charge >= 0.3 is 6.09 Å². The lowest BCUT2D eigenvalue weighted by Crippen LogP contribution is -2.57. The Bertz CT molecular complexity index is 937. The Morgan fingerprint density at radius 2 is 1.72 bits per heavy atom. The molecule has 0 aliphatic carbocycles. The fourth-order valence-corrected chi connectivity index (χ4v) is 4.89. The third-order valence-corrected chi connectivity index (χ3v) is 6.45. The van der Waals surface area contributed by atoms with Crippen LogP contribution in [0.25, 0.3) is 0 Å². The smallest absolute Gasteiger partial charge is 0.411 e. The van der Waals surface area contributed by atoms with E-state index in [1.54, 1.807) is 21.9 Å². The molecule has 5 nitrogen and oxygen atoms in total. The van der Waals surface area contributed by atoms with Gasteiger partial charge in [-0.15, -0.1) is 0 Å². The fourth-order valence-electron chi connectivity index (χ4n) is 4.89. The summed E-state index contributed by atoms with van der Waals surface area (Å²) in [7, 11) is 0. The molecule has 0 radical (unpaired) electrons. The second-order valence-electron chi connectivity index (χ2n) is 8.06. The minimum atomic E-state index is -0.684. The van der Waals surface area contributed by atoms with Crippen LogP contribution < -0.4 is 0 Å². The molecule has 3 fully saturated rings. The van der Waals surface area contributed by atoms with Crippen LogP contribution in [-0.4, -0.2) is 47.5 Å². The van der Waals surface area contributed by atoms with E-state index in [4.69, 9.17) is 4.74 Å². The fraction of sp³-hybridized carbons (Fsp3) is 0.391. The molecular formula is C23H23FN2O3. The van der Waals surface area contributed by atoms with Crippen molar-refractivity contribution in [3.63, 3.8) is 0 Å². The van der Waals surface area contributed by atoms with Crippen molar-refractivity contribution < 1.29 is 18.7 Å². The van der Waals surface area contributed by atoms with Crippen LogP contribution in [0.5, 0.6) is 0 Å². The molecule has 3 saturated heterocycles. The first kappa shape index (κ1) is 18.2. The van der Waals surface area contributed by atoms with Crippen LogP contribution in [0.1, 0.15) is 35.6 Å². The maximum absolute atomic E-state index is 13.5. The molecule has 0 unspecified atom stereocenters. The molecule has 6 heteroatoms. The summed E-state index contributed by atoms with van der Waals surface area (Å²) < 4.78 is 19.3. The van der Waals surface area contributed by atoms with Gasteiger partial charge in [0.25, 0.3) is 5.91 Å². The summed E-state index contributed by atoms with van der Waals surface area (Å²) in [6.07, 6.45) is 1.33. The summed E-state index contributed by atoms with van der Waals surface area (Å²) in [6, 6.07) is 13.9. The van der Waals surface area contributed by atoms with E-state index >= 15 is 0 Å². The Morgan fingerprint density at radius 3 is 2.45 bits per heavy atom. The predicted molar refractivity (Wildman–Crippen MR) is 105 cm³/mol. The van der Waals surface area contributed by atoms with Crippen molar-refractivity contribution in [2.75, 3.05) is 19.6 Å². The predicted octanol–water partition coefficient (Wildman–Crippen LogP) is 3.53. The zero-order valence-electron chi connectivity index (χ0n) is 16.1. The molecule has 0 aromatic heterocycles. The highest BCUT2D eigenvalue weighted by Gasteiger charge is 2.45. The van der Waals surface area contributed by atoms with Crippen molar-refractivity contribution in [2.45, 2.75) is 31.4 Å². The van der Waals surface area contributed by atoms with Gasteiger partial charge in [0.05, 0.1) is 6.04 Å². The third-order valence-electron chi connectivity index (χ3n) is 6.45. The van der Waals surface area contributed by atoms with Crippen LogP contribution in [0, 0.1) is 11.7 Å². The number of nitrogens with zero attached hydrogens (tertiary/aromatic N) is 2. The van der Waals surface area contributed by atoms with Crippen molar-refractivity contribution in [3.8, 4) is 0 Å². The topological polar surface area (TPSA) is 49.9 Å². The van der Waals surface area contributed by atoms with E-state index < -0.39 is 12.2 Å². The van der Waals surface area contributed by atoms with Gasteiger partial charge in [-0.25, -0.2) is 9.18 Å². The Morgan fingerprint density at radius 1 is 1.00 bits per heavy atom. The number of hydrogen-bond donors (Lipinski definition) is 0. The summed E-state index contributed by atoms with van der Waals surface area (Å²) in [4.78, 5) is 29.3. The number of halogens is 1. The first-order valence-corrected chi connectivity index (χ1v) is 10.2. The highest BCUT2D eigenvalue weighted by molar-refractivity contribution is 5.85. The van der Waals surface area contributed by atoms with E-state index in [2.05, 4.69) is 6.07 Å². The molecular weight excluding hydrogens is 371 g/mol. The van der Waals surface area contributed by atoms with Crippen LogP contribution in [0.4, 0.5) is 9.18 Å². The van der Waals surface area contributed by atoms with E-state index in [9.17, 15) is 14.0 Å². The van der Waals surface area contributed by atoms with Crippen molar-refractivity contribution in [3.05, 3.63) is 71.0 Å². The molecule has 2 bridgehead atoms. The van der Waals surface area contributed by atoms with E-state index in [0.717, 1.165) is 43.5 Å². The van der Waals surface area contributed by atoms with Gasteiger partial charge < -0.3 is 9.64 Å². The molecule has 150 valence electrons. The number of rotatable bonds is 2. The molecule has 29 heavy (non-hydrogen) atoms. The number of piperidine rings is 3.